The number of hydrogen-bond donors (Lipinski definition) is 1. The van der Waals surface area contributed by atoms with Gasteiger partial charge in [0, 0.05) is 3.57 Å². The van der Waals surface area contributed by atoms with E-state index >= 15 is 0 Å². The highest BCUT2D eigenvalue weighted by Crippen LogP contribution is 2.21. The van der Waals surface area contributed by atoms with Crippen molar-refractivity contribution in [3.63, 3.8) is 0 Å². The van der Waals surface area contributed by atoms with E-state index in [0.717, 1.165) is 9.26 Å². The number of hydrogen-bond acceptors (Lipinski definition) is 2. The van der Waals surface area contributed by atoms with Gasteiger partial charge in [0.2, 0.25) is 0 Å². The molecular formula is C13H8Cl2FIN2. The molecule has 0 amide bonds. The second kappa shape index (κ2) is 6.54. The third-order valence-electron chi connectivity index (χ3n) is 2.30. The van der Waals surface area contributed by atoms with E-state index < -0.39 is 5.82 Å². The molecule has 0 bridgehead atoms. The Morgan fingerprint density at radius 2 is 1.84 bits per heavy atom. The number of halogens is 4. The number of rotatable bonds is 3. The lowest BCUT2D eigenvalue weighted by atomic mass is 10.2. The summed E-state index contributed by atoms with van der Waals surface area (Å²) < 4.78 is 14.7. The molecule has 0 spiro atoms. The lowest BCUT2D eigenvalue weighted by Crippen LogP contribution is -2.01. The van der Waals surface area contributed by atoms with Crippen molar-refractivity contribution in [3.8, 4) is 0 Å². The van der Waals surface area contributed by atoms with Crippen LogP contribution in [0.3, 0.4) is 0 Å². The third-order valence-corrected chi connectivity index (χ3v) is 3.60. The summed E-state index contributed by atoms with van der Waals surface area (Å²) in [4.78, 5) is 0. The summed E-state index contributed by atoms with van der Waals surface area (Å²) in [7, 11) is 0. The summed E-state index contributed by atoms with van der Waals surface area (Å²) in [6, 6.07) is 11.9. The van der Waals surface area contributed by atoms with Gasteiger partial charge in [0.25, 0.3) is 0 Å². The van der Waals surface area contributed by atoms with Crippen LogP contribution in [-0.2, 0) is 0 Å². The van der Waals surface area contributed by atoms with E-state index in [0.29, 0.717) is 0 Å². The monoisotopic (exact) mass is 408 g/mol. The van der Waals surface area contributed by atoms with Gasteiger partial charge in [-0.25, -0.2) is 4.39 Å². The third kappa shape index (κ3) is 3.81. The van der Waals surface area contributed by atoms with E-state index in [-0.39, 0.29) is 15.8 Å². The molecule has 0 heterocycles. The van der Waals surface area contributed by atoms with Crippen molar-refractivity contribution in [2.24, 2.45) is 5.10 Å². The molecule has 1 N–H and O–H groups in total. The zero-order valence-corrected chi connectivity index (χ0v) is 13.2. The van der Waals surface area contributed by atoms with Gasteiger partial charge in [-0.3, -0.25) is 5.43 Å². The quantitative estimate of drug-likeness (QED) is 0.426. The minimum absolute atomic E-state index is 0.0262. The van der Waals surface area contributed by atoms with Crippen LogP contribution in [0.4, 0.5) is 10.1 Å². The standard InChI is InChI=1S/C13H8Cl2FIN2/c14-10-2-1-3-11(16)12(10)13(15)19-18-9-6-4-8(17)5-7-9/h1-7,18H. The average Bonchev–Trinajstić information content (AvgIpc) is 2.38. The maximum Gasteiger partial charge on any atom is 0.160 e. The molecule has 98 valence electrons. The maximum absolute atomic E-state index is 13.6. The fourth-order valence-electron chi connectivity index (χ4n) is 1.39. The Hall–Kier alpha value is -0.850. The molecule has 6 heteroatoms. The van der Waals surface area contributed by atoms with Crippen LogP contribution in [0, 0.1) is 9.39 Å². The summed E-state index contributed by atoms with van der Waals surface area (Å²) in [6.45, 7) is 0. The predicted molar refractivity (Wildman–Crippen MR) is 86.6 cm³/mol. The van der Waals surface area contributed by atoms with Gasteiger partial charge in [-0.1, -0.05) is 29.3 Å². The fraction of sp³-hybridized carbons (Fsp3) is 0. The van der Waals surface area contributed by atoms with Crippen molar-refractivity contribution >= 4 is 56.7 Å². The van der Waals surface area contributed by atoms with Gasteiger partial charge in [0.05, 0.1) is 16.3 Å². The Kier molecular flexibility index (Phi) is 5.01. The molecule has 2 rings (SSSR count). The molecule has 0 saturated carbocycles. The molecule has 0 aliphatic heterocycles. The number of nitrogens with zero attached hydrogens (tertiary/aromatic N) is 1. The van der Waals surface area contributed by atoms with Crippen molar-refractivity contribution in [3.05, 3.63) is 62.4 Å². The van der Waals surface area contributed by atoms with Crippen LogP contribution in [0.25, 0.3) is 0 Å². The Bertz CT molecular complexity index is 594. The predicted octanol–water partition coefficient (Wildman–Crippen LogP) is 5.10. The Morgan fingerprint density at radius 1 is 1.16 bits per heavy atom. The number of anilines is 1. The molecule has 0 atom stereocenters. The highest BCUT2D eigenvalue weighted by molar-refractivity contribution is 14.1. The highest BCUT2D eigenvalue weighted by atomic mass is 127. The summed E-state index contributed by atoms with van der Waals surface area (Å²) >= 11 is 14.1. The first-order valence-corrected chi connectivity index (χ1v) is 7.10. The second-order valence-electron chi connectivity index (χ2n) is 3.62. The Balaban J connectivity index is 2.22. The molecule has 2 aromatic carbocycles. The van der Waals surface area contributed by atoms with Gasteiger partial charge >= 0.3 is 0 Å². The maximum atomic E-state index is 13.6. The van der Waals surface area contributed by atoms with Crippen LogP contribution < -0.4 is 5.43 Å². The first-order valence-electron chi connectivity index (χ1n) is 5.27. The van der Waals surface area contributed by atoms with E-state index in [4.69, 9.17) is 23.2 Å². The van der Waals surface area contributed by atoms with Gasteiger partial charge in [0.1, 0.15) is 5.82 Å². The molecule has 0 saturated heterocycles. The lowest BCUT2D eigenvalue weighted by Gasteiger charge is -2.05. The fourth-order valence-corrected chi connectivity index (χ4v) is 2.28. The van der Waals surface area contributed by atoms with Crippen LogP contribution >= 0.6 is 45.8 Å². The van der Waals surface area contributed by atoms with E-state index in [1.807, 2.05) is 24.3 Å². The van der Waals surface area contributed by atoms with Crippen LogP contribution in [0.2, 0.25) is 5.02 Å². The van der Waals surface area contributed by atoms with Crippen molar-refractivity contribution in [2.75, 3.05) is 5.43 Å². The molecule has 0 unspecified atom stereocenters. The van der Waals surface area contributed by atoms with E-state index in [9.17, 15) is 4.39 Å². The molecule has 0 aliphatic rings. The lowest BCUT2D eigenvalue weighted by molar-refractivity contribution is 0.626. The van der Waals surface area contributed by atoms with Crippen LogP contribution in [0.15, 0.2) is 47.6 Å². The zero-order valence-electron chi connectivity index (χ0n) is 9.50. The summed E-state index contributed by atoms with van der Waals surface area (Å²) in [5.74, 6) is -0.509. The average molecular weight is 409 g/mol. The summed E-state index contributed by atoms with van der Waals surface area (Å²) in [5, 5.41) is 4.12. The first-order chi connectivity index (χ1) is 9.08. The van der Waals surface area contributed by atoms with Crippen molar-refractivity contribution in [1.29, 1.82) is 0 Å². The molecule has 0 fully saturated rings. The smallest absolute Gasteiger partial charge is 0.160 e. The summed E-state index contributed by atoms with van der Waals surface area (Å²) in [5.41, 5.74) is 3.59. The SMILES string of the molecule is Fc1cccc(Cl)c1C(Cl)=NNc1ccc(I)cc1. The van der Waals surface area contributed by atoms with E-state index in [1.165, 1.54) is 12.1 Å². The first kappa shape index (κ1) is 14.6. The van der Waals surface area contributed by atoms with Crippen LogP contribution in [0.5, 0.6) is 0 Å². The normalized spacial score (nSPS) is 11.5. The van der Waals surface area contributed by atoms with Crippen molar-refractivity contribution < 1.29 is 4.39 Å². The largest absolute Gasteiger partial charge is 0.277 e. The Labute approximate surface area is 133 Å². The molecule has 0 aliphatic carbocycles. The molecular weight excluding hydrogens is 401 g/mol. The molecule has 2 aromatic rings. The van der Waals surface area contributed by atoms with Gasteiger partial charge in [-0.15, -0.1) is 0 Å². The molecule has 0 radical (unpaired) electrons. The van der Waals surface area contributed by atoms with Gasteiger partial charge < -0.3 is 0 Å². The minimum Gasteiger partial charge on any atom is -0.277 e. The van der Waals surface area contributed by atoms with Crippen LogP contribution in [0.1, 0.15) is 5.56 Å². The minimum atomic E-state index is -0.509. The second-order valence-corrected chi connectivity index (χ2v) is 5.63. The topological polar surface area (TPSA) is 24.4 Å². The van der Waals surface area contributed by atoms with E-state index in [1.54, 1.807) is 6.07 Å². The van der Waals surface area contributed by atoms with E-state index in [2.05, 4.69) is 33.1 Å². The molecule has 2 nitrogen and oxygen atoms in total. The molecule has 19 heavy (non-hydrogen) atoms. The highest BCUT2D eigenvalue weighted by Gasteiger charge is 2.11. The van der Waals surface area contributed by atoms with Gasteiger partial charge in [0.15, 0.2) is 5.17 Å². The van der Waals surface area contributed by atoms with Crippen molar-refractivity contribution in [2.45, 2.75) is 0 Å². The van der Waals surface area contributed by atoms with Crippen LogP contribution in [-0.4, -0.2) is 5.17 Å². The molecule has 0 aromatic heterocycles. The van der Waals surface area contributed by atoms with Gasteiger partial charge in [-0.2, -0.15) is 5.10 Å². The summed E-state index contributed by atoms with van der Waals surface area (Å²) in [6.07, 6.45) is 0. The number of nitrogens with one attached hydrogen (secondary N) is 1. The Morgan fingerprint density at radius 3 is 2.47 bits per heavy atom. The number of hydrazone groups is 1. The number of benzene rings is 2. The van der Waals surface area contributed by atoms with Crippen molar-refractivity contribution in [1.82, 2.24) is 0 Å². The van der Waals surface area contributed by atoms with Gasteiger partial charge in [-0.05, 0) is 59.0 Å². The zero-order chi connectivity index (χ0) is 13.8.